The van der Waals surface area contributed by atoms with Crippen LogP contribution in [0.1, 0.15) is 90.9 Å². The molecular weight excluding hydrogens is 475 g/mol. The minimum absolute atomic E-state index is 0.692. The minimum atomic E-state index is 0.692. The molecule has 2 rings (SSSR count). The molecule has 5 heteroatoms. The predicted octanol–water partition coefficient (Wildman–Crippen LogP) is 8.29. The van der Waals surface area contributed by atoms with Crippen molar-refractivity contribution >= 4 is 28.5 Å². The van der Waals surface area contributed by atoms with Crippen molar-refractivity contribution in [2.24, 2.45) is 0 Å². The molecule has 0 N–H and O–H groups in total. The van der Waals surface area contributed by atoms with E-state index in [-0.39, 0.29) is 0 Å². The monoisotopic (exact) mass is 516 g/mol. The van der Waals surface area contributed by atoms with Gasteiger partial charge in [0.1, 0.15) is 5.75 Å². The summed E-state index contributed by atoms with van der Waals surface area (Å²) in [5.41, 5.74) is 0.692. The van der Waals surface area contributed by atoms with Crippen LogP contribution in [0.15, 0.2) is 53.0 Å². The van der Waals surface area contributed by atoms with E-state index in [1.165, 1.54) is 70.6 Å². The third kappa shape index (κ3) is 16.6. The van der Waals surface area contributed by atoms with Gasteiger partial charge < -0.3 is 4.74 Å². The van der Waals surface area contributed by atoms with E-state index in [2.05, 4.69) is 29.8 Å². The summed E-state index contributed by atoms with van der Waals surface area (Å²) in [4.78, 5) is 0. The topological polar surface area (TPSA) is 35.5 Å². The van der Waals surface area contributed by atoms with Crippen molar-refractivity contribution in [1.82, 2.24) is 0 Å². The van der Waals surface area contributed by atoms with Crippen LogP contribution in [0.4, 0.5) is 0 Å². The van der Waals surface area contributed by atoms with Crippen LogP contribution in [0, 0.1) is 0 Å². The Bertz CT molecular complexity index is 704. The van der Waals surface area contributed by atoms with Gasteiger partial charge in [-0.3, -0.25) is 0 Å². The van der Waals surface area contributed by atoms with E-state index in [1.54, 1.807) is 12.1 Å². The molecule has 0 saturated carbocycles. The predicted molar refractivity (Wildman–Crippen MR) is 144 cm³/mol. The molecule has 0 bridgehead atoms. The molecule has 2 aromatic carbocycles. The number of ether oxygens (including phenoxy) is 2. The molecule has 33 heavy (non-hydrogen) atoms. The average Bonchev–Trinajstić information content (AvgIpc) is 2.85. The second kappa shape index (κ2) is 21.0. The Morgan fingerprint density at radius 2 is 1.00 bits per heavy atom. The summed E-state index contributed by atoms with van der Waals surface area (Å²) in [7, 11) is 0.845. The zero-order valence-corrected chi connectivity index (χ0v) is 22.3. The van der Waals surface area contributed by atoms with E-state index in [0.717, 1.165) is 42.8 Å². The van der Waals surface area contributed by atoms with Crippen molar-refractivity contribution < 1.29 is 14.2 Å². The van der Waals surface area contributed by atoms with Gasteiger partial charge in [0.2, 0.25) is 0 Å². The summed E-state index contributed by atoms with van der Waals surface area (Å²) in [5, 5.41) is 0. The van der Waals surface area contributed by atoms with Gasteiger partial charge in [0.15, 0.2) is 0 Å². The van der Waals surface area contributed by atoms with E-state index in [0.29, 0.717) is 5.46 Å². The number of hydrogen-bond acceptors (Lipinski definition) is 3. The first-order valence-corrected chi connectivity index (χ1v) is 13.5. The van der Waals surface area contributed by atoms with Crippen molar-refractivity contribution in [2.75, 3.05) is 13.2 Å². The first-order chi connectivity index (χ1) is 16.2. The fourth-order valence-corrected chi connectivity index (χ4v) is 3.58. The van der Waals surface area contributed by atoms with Gasteiger partial charge in [0, 0.05) is 4.47 Å². The van der Waals surface area contributed by atoms with Gasteiger partial charge in [-0.1, -0.05) is 61.9 Å². The Balaban J connectivity index is 0.000000331. The van der Waals surface area contributed by atoms with Crippen LogP contribution in [-0.4, -0.2) is 20.4 Å². The Morgan fingerprint density at radius 3 is 1.42 bits per heavy atom. The Kier molecular flexibility index (Phi) is 18.7. The zero-order valence-electron chi connectivity index (χ0n) is 20.7. The standard InChI is InChI=1S/C14H21BO2.C14H21BrO/c1-2-3-4-5-6-7-12-17-14-10-8-13(15-16)9-11-14;1-2-3-4-5-6-7-12-16-14-10-8-13(15)9-11-14/h8-11H,2-7,12H2,1H3;8-11H,2-7,12H2,1H3. The van der Waals surface area contributed by atoms with E-state index < -0.39 is 0 Å². The Labute approximate surface area is 211 Å². The molecule has 3 nitrogen and oxygen atoms in total. The SMILES string of the molecule is CCCCCCCCOc1ccc(B=O)cc1.CCCCCCCCOc1ccc(Br)cc1. The van der Waals surface area contributed by atoms with Crippen LogP contribution in [0.2, 0.25) is 0 Å². The smallest absolute Gasteiger partial charge is 0.119 e. The van der Waals surface area contributed by atoms with Gasteiger partial charge >= 0.3 is 97.2 Å². The quantitative estimate of drug-likeness (QED) is 0.157. The van der Waals surface area contributed by atoms with Gasteiger partial charge in [-0.15, -0.1) is 0 Å². The number of unbranched alkanes of at least 4 members (excludes halogenated alkanes) is 10. The van der Waals surface area contributed by atoms with Crippen molar-refractivity contribution in [3.63, 3.8) is 0 Å². The molecule has 0 saturated heterocycles. The van der Waals surface area contributed by atoms with Crippen molar-refractivity contribution in [3.8, 4) is 11.5 Å². The average molecular weight is 517 g/mol. The maximum atomic E-state index is 10.5. The molecule has 0 aliphatic heterocycles. The second-order valence-electron chi connectivity index (χ2n) is 8.37. The van der Waals surface area contributed by atoms with Gasteiger partial charge in [-0.2, -0.15) is 0 Å². The summed E-state index contributed by atoms with van der Waals surface area (Å²) >= 11 is 3.41. The fourth-order valence-electron chi connectivity index (χ4n) is 3.32. The van der Waals surface area contributed by atoms with Gasteiger partial charge in [0.05, 0.1) is 6.61 Å². The third-order valence-electron chi connectivity index (χ3n) is 5.36. The molecule has 0 aliphatic rings. The molecule has 182 valence electrons. The molecule has 0 aliphatic carbocycles. The summed E-state index contributed by atoms with van der Waals surface area (Å²) in [5.74, 6) is 1.82. The normalized spacial score (nSPS) is 10.2. The fraction of sp³-hybridized carbons (Fsp3) is 0.571. The van der Waals surface area contributed by atoms with Crippen molar-refractivity contribution in [1.29, 1.82) is 0 Å². The number of rotatable bonds is 17. The summed E-state index contributed by atoms with van der Waals surface area (Å²) in [6.45, 7) is 6.09. The van der Waals surface area contributed by atoms with Gasteiger partial charge in [-0.25, -0.2) is 0 Å². The van der Waals surface area contributed by atoms with Crippen molar-refractivity contribution in [2.45, 2.75) is 90.9 Å². The first-order valence-electron chi connectivity index (χ1n) is 12.8. The molecule has 0 amide bonds. The maximum absolute atomic E-state index is 10.5. The summed E-state index contributed by atoms with van der Waals surface area (Å²) in [6, 6.07) is 15.3. The van der Waals surface area contributed by atoms with Crippen LogP contribution < -0.4 is 14.9 Å². The van der Waals surface area contributed by atoms with Crippen molar-refractivity contribution in [3.05, 3.63) is 53.0 Å². The van der Waals surface area contributed by atoms with Crippen LogP contribution in [0.25, 0.3) is 0 Å². The van der Waals surface area contributed by atoms with E-state index in [4.69, 9.17) is 9.47 Å². The number of hydrogen-bond donors (Lipinski definition) is 0. The van der Waals surface area contributed by atoms with Crippen LogP contribution in [0.3, 0.4) is 0 Å². The molecule has 0 aromatic heterocycles. The van der Waals surface area contributed by atoms with Gasteiger partial charge in [0.25, 0.3) is 0 Å². The largest absolute Gasteiger partial charge is 0.494 e. The van der Waals surface area contributed by atoms with E-state index >= 15 is 0 Å². The third-order valence-corrected chi connectivity index (χ3v) is 5.89. The maximum Gasteiger partial charge on any atom is 0.119 e. The molecule has 0 spiro atoms. The van der Waals surface area contributed by atoms with Crippen LogP contribution in [0.5, 0.6) is 11.5 Å². The first kappa shape index (κ1) is 29.4. The number of halogens is 1. The minimum Gasteiger partial charge on any atom is -0.494 e. The van der Waals surface area contributed by atoms with Crippen LogP contribution in [-0.2, 0) is 4.70 Å². The second-order valence-corrected chi connectivity index (χ2v) is 9.29. The molecule has 0 radical (unpaired) electrons. The Morgan fingerprint density at radius 1 is 0.606 bits per heavy atom. The zero-order chi connectivity index (χ0) is 24.0. The van der Waals surface area contributed by atoms with Crippen LogP contribution >= 0.6 is 15.9 Å². The Hall–Kier alpha value is -1.62. The molecule has 0 atom stereocenters. The molecule has 2 aromatic rings. The van der Waals surface area contributed by atoms with Gasteiger partial charge in [-0.05, 0) is 30.7 Å². The molecule has 0 heterocycles. The summed E-state index contributed by atoms with van der Waals surface area (Å²) < 4.78 is 22.8. The number of benzene rings is 2. The van der Waals surface area contributed by atoms with E-state index in [1.807, 2.05) is 36.4 Å². The molecule has 0 unspecified atom stereocenters. The van der Waals surface area contributed by atoms with E-state index in [9.17, 15) is 4.70 Å². The molecule has 0 fully saturated rings. The summed E-state index contributed by atoms with van der Waals surface area (Å²) in [6.07, 6.45) is 15.5. The molecular formula is C28H42BBrO3.